The van der Waals surface area contributed by atoms with Gasteiger partial charge in [0.25, 0.3) is 0 Å². The van der Waals surface area contributed by atoms with Crippen molar-refractivity contribution in [3.8, 4) is 0 Å². The molecule has 94 valence electrons. The SMILES string of the molecule is CN(CC1CC(C(F)(F)F)CN1)C1COC1. The van der Waals surface area contributed by atoms with Crippen LogP contribution in [0.15, 0.2) is 0 Å². The van der Waals surface area contributed by atoms with E-state index in [4.69, 9.17) is 4.74 Å². The Morgan fingerprint density at radius 2 is 2.06 bits per heavy atom. The number of halogens is 3. The van der Waals surface area contributed by atoms with Gasteiger partial charge < -0.3 is 10.1 Å². The second-order valence-electron chi connectivity index (χ2n) is 4.71. The largest absolute Gasteiger partial charge is 0.393 e. The maximum Gasteiger partial charge on any atom is 0.393 e. The van der Waals surface area contributed by atoms with Gasteiger partial charge in [-0.05, 0) is 13.5 Å². The van der Waals surface area contributed by atoms with Crippen LogP contribution in [0.4, 0.5) is 13.2 Å². The van der Waals surface area contributed by atoms with E-state index in [9.17, 15) is 13.2 Å². The smallest absolute Gasteiger partial charge is 0.378 e. The third-order valence-electron chi connectivity index (χ3n) is 3.44. The van der Waals surface area contributed by atoms with Crippen LogP contribution < -0.4 is 5.32 Å². The summed E-state index contributed by atoms with van der Waals surface area (Å²) in [4.78, 5) is 2.08. The molecule has 2 aliphatic rings. The fourth-order valence-corrected chi connectivity index (χ4v) is 2.18. The average molecular weight is 238 g/mol. The van der Waals surface area contributed by atoms with Crippen LogP contribution in [0.1, 0.15) is 6.42 Å². The van der Waals surface area contributed by atoms with E-state index in [2.05, 4.69) is 10.2 Å². The first-order valence-electron chi connectivity index (χ1n) is 5.55. The maximum atomic E-state index is 12.4. The first-order valence-corrected chi connectivity index (χ1v) is 5.55. The number of rotatable bonds is 3. The van der Waals surface area contributed by atoms with Gasteiger partial charge in [0.05, 0.1) is 25.2 Å². The predicted octanol–water partition coefficient (Wildman–Crippen LogP) is 0.857. The van der Waals surface area contributed by atoms with E-state index < -0.39 is 12.1 Å². The summed E-state index contributed by atoms with van der Waals surface area (Å²) >= 11 is 0. The zero-order valence-electron chi connectivity index (χ0n) is 9.26. The zero-order valence-corrected chi connectivity index (χ0v) is 9.26. The quantitative estimate of drug-likeness (QED) is 0.789. The van der Waals surface area contributed by atoms with Crippen molar-refractivity contribution in [3.63, 3.8) is 0 Å². The minimum absolute atomic E-state index is 0.0442. The van der Waals surface area contributed by atoms with Gasteiger partial charge in [-0.1, -0.05) is 0 Å². The zero-order chi connectivity index (χ0) is 11.8. The molecule has 2 fully saturated rings. The van der Waals surface area contributed by atoms with Crippen molar-refractivity contribution in [3.05, 3.63) is 0 Å². The summed E-state index contributed by atoms with van der Waals surface area (Å²) < 4.78 is 42.4. The first kappa shape index (κ1) is 12.1. The van der Waals surface area contributed by atoms with Crippen LogP contribution >= 0.6 is 0 Å². The number of likely N-dealkylation sites (N-methyl/N-ethyl adjacent to an activating group) is 1. The van der Waals surface area contributed by atoms with E-state index in [-0.39, 0.29) is 19.0 Å². The highest BCUT2D eigenvalue weighted by atomic mass is 19.4. The molecule has 0 aromatic heterocycles. The summed E-state index contributed by atoms with van der Waals surface area (Å²) in [5, 5.41) is 2.94. The lowest BCUT2D eigenvalue weighted by atomic mass is 10.0. The van der Waals surface area contributed by atoms with Crippen molar-refractivity contribution < 1.29 is 17.9 Å². The second kappa shape index (κ2) is 4.50. The van der Waals surface area contributed by atoms with Crippen LogP contribution in [-0.4, -0.2) is 56.5 Å². The first-order chi connectivity index (χ1) is 7.47. The van der Waals surface area contributed by atoms with Crippen molar-refractivity contribution >= 4 is 0 Å². The van der Waals surface area contributed by atoms with Gasteiger partial charge in [0.15, 0.2) is 0 Å². The molecule has 0 spiro atoms. The van der Waals surface area contributed by atoms with Crippen LogP contribution in [0, 0.1) is 5.92 Å². The average Bonchev–Trinajstić information content (AvgIpc) is 2.47. The molecule has 0 bridgehead atoms. The lowest BCUT2D eigenvalue weighted by molar-refractivity contribution is -0.169. The standard InChI is InChI=1S/C10H17F3N2O/c1-15(9-5-16-6-9)4-8-2-7(3-14-8)10(11,12)13/h7-9,14H,2-6H2,1H3. The molecule has 0 aromatic carbocycles. The van der Waals surface area contributed by atoms with Gasteiger partial charge in [0, 0.05) is 19.1 Å². The van der Waals surface area contributed by atoms with E-state index in [1.54, 1.807) is 0 Å². The molecule has 1 N–H and O–H groups in total. The van der Waals surface area contributed by atoms with Crippen molar-refractivity contribution in [2.24, 2.45) is 5.92 Å². The fraction of sp³-hybridized carbons (Fsp3) is 1.00. The molecule has 2 atom stereocenters. The number of hydrogen-bond acceptors (Lipinski definition) is 3. The summed E-state index contributed by atoms with van der Waals surface area (Å²) in [6.07, 6.45) is -3.86. The molecule has 0 radical (unpaired) electrons. The van der Waals surface area contributed by atoms with Gasteiger partial charge in [-0.15, -0.1) is 0 Å². The van der Waals surface area contributed by atoms with Gasteiger partial charge in [-0.2, -0.15) is 13.2 Å². The van der Waals surface area contributed by atoms with Crippen molar-refractivity contribution in [2.75, 3.05) is 33.4 Å². The molecule has 3 nitrogen and oxygen atoms in total. The number of nitrogens with one attached hydrogen (secondary N) is 1. The van der Waals surface area contributed by atoms with Crippen LogP contribution in [0.25, 0.3) is 0 Å². The molecule has 6 heteroatoms. The lowest BCUT2D eigenvalue weighted by Gasteiger charge is -2.36. The summed E-state index contributed by atoms with van der Waals surface area (Å²) in [6.45, 7) is 2.13. The van der Waals surface area contributed by atoms with Gasteiger partial charge in [-0.25, -0.2) is 0 Å². The number of ether oxygens (including phenoxy) is 1. The van der Waals surface area contributed by atoms with E-state index in [1.807, 2.05) is 7.05 Å². The van der Waals surface area contributed by atoms with Crippen LogP contribution in [0.2, 0.25) is 0 Å². The molecular weight excluding hydrogens is 221 g/mol. The van der Waals surface area contributed by atoms with Gasteiger partial charge >= 0.3 is 6.18 Å². The number of alkyl halides is 3. The minimum Gasteiger partial charge on any atom is -0.378 e. The van der Waals surface area contributed by atoms with E-state index >= 15 is 0 Å². The van der Waals surface area contributed by atoms with Gasteiger partial charge in [-0.3, -0.25) is 4.90 Å². The number of nitrogens with zero attached hydrogens (tertiary/aromatic N) is 1. The van der Waals surface area contributed by atoms with Crippen molar-refractivity contribution in [2.45, 2.75) is 24.7 Å². The fourth-order valence-electron chi connectivity index (χ4n) is 2.18. The molecule has 0 aliphatic carbocycles. The van der Waals surface area contributed by atoms with E-state index in [1.165, 1.54) is 0 Å². The molecule has 16 heavy (non-hydrogen) atoms. The Morgan fingerprint density at radius 3 is 2.50 bits per heavy atom. The summed E-state index contributed by atoms with van der Waals surface area (Å²) in [5.74, 6) is -1.18. The minimum atomic E-state index is -4.06. The molecular formula is C10H17F3N2O. The lowest BCUT2D eigenvalue weighted by Crippen LogP contribution is -2.50. The van der Waals surface area contributed by atoms with Crippen LogP contribution in [-0.2, 0) is 4.74 Å². The molecule has 2 aliphatic heterocycles. The summed E-state index contributed by atoms with van der Waals surface area (Å²) in [6, 6.07) is 0.337. The Morgan fingerprint density at radius 1 is 1.38 bits per heavy atom. The highest BCUT2D eigenvalue weighted by Crippen LogP contribution is 2.32. The molecule has 2 saturated heterocycles. The highest BCUT2D eigenvalue weighted by Gasteiger charge is 2.44. The predicted molar refractivity (Wildman–Crippen MR) is 53.2 cm³/mol. The van der Waals surface area contributed by atoms with Crippen molar-refractivity contribution in [1.82, 2.24) is 10.2 Å². The summed E-state index contributed by atoms with van der Waals surface area (Å²) in [5.41, 5.74) is 0. The van der Waals surface area contributed by atoms with Gasteiger partial charge in [0.2, 0.25) is 0 Å². The van der Waals surface area contributed by atoms with Crippen LogP contribution in [0.3, 0.4) is 0 Å². The Balaban J connectivity index is 1.76. The van der Waals surface area contributed by atoms with E-state index in [0.717, 1.165) is 0 Å². The highest BCUT2D eigenvalue weighted by molar-refractivity contribution is 4.88. The molecule has 2 rings (SSSR count). The Labute approximate surface area is 92.9 Å². The Bertz CT molecular complexity index is 243. The van der Waals surface area contributed by atoms with E-state index in [0.29, 0.717) is 25.8 Å². The third-order valence-corrected chi connectivity index (χ3v) is 3.44. The molecule has 0 saturated carbocycles. The topological polar surface area (TPSA) is 24.5 Å². The van der Waals surface area contributed by atoms with Crippen LogP contribution in [0.5, 0.6) is 0 Å². The summed E-state index contributed by atoms with van der Waals surface area (Å²) in [7, 11) is 1.94. The molecule has 0 aromatic rings. The normalized spacial score (nSPS) is 32.1. The van der Waals surface area contributed by atoms with Gasteiger partial charge in [0.1, 0.15) is 0 Å². The molecule has 0 amide bonds. The molecule has 2 heterocycles. The Kier molecular flexibility index (Phi) is 3.42. The monoisotopic (exact) mass is 238 g/mol. The Hall–Kier alpha value is -0.330. The van der Waals surface area contributed by atoms with Crippen molar-refractivity contribution in [1.29, 1.82) is 0 Å². The number of hydrogen-bond donors (Lipinski definition) is 1. The maximum absolute atomic E-state index is 12.4. The molecule has 2 unspecified atom stereocenters. The third kappa shape index (κ3) is 2.67. The second-order valence-corrected chi connectivity index (χ2v) is 4.71.